The summed E-state index contributed by atoms with van der Waals surface area (Å²) < 4.78 is 0. The maximum Gasteiger partial charge on any atom is 0.0434 e. The lowest BCUT2D eigenvalue weighted by Gasteiger charge is -2.14. The molecule has 0 unspecified atom stereocenters. The van der Waals surface area contributed by atoms with Gasteiger partial charge in [0.2, 0.25) is 0 Å². The molecule has 1 aliphatic carbocycles. The molecule has 2 nitrogen and oxygen atoms in total. The molecule has 2 N–H and O–H groups in total. The molecule has 1 aliphatic rings. The maximum absolute atomic E-state index is 7.87. The van der Waals surface area contributed by atoms with E-state index >= 15 is 0 Å². The van der Waals surface area contributed by atoms with Crippen LogP contribution in [-0.2, 0) is 0 Å². The zero-order valence-electron chi connectivity index (χ0n) is 9.65. The van der Waals surface area contributed by atoms with Crippen LogP contribution >= 0.6 is 0 Å². The molecule has 0 heterocycles. The third-order valence-corrected chi connectivity index (χ3v) is 2.97. The summed E-state index contributed by atoms with van der Waals surface area (Å²) in [4.78, 5) is 0. The smallest absolute Gasteiger partial charge is 0.0434 e. The Balaban J connectivity index is 2.59. The Kier molecular flexibility index (Phi) is 2.51. The molecule has 1 aromatic carbocycles. The van der Waals surface area contributed by atoms with Crippen LogP contribution in [0.3, 0.4) is 0 Å². The van der Waals surface area contributed by atoms with Crippen LogP contribution < -0.4 is 5.32 Å². The Morgan fingerprint density at radius 1 is 1.40 bits per heavy atom. The minimum Gasteiger partial charge on any atom is -0.388 e. The van der Waals surface area contributed by atoms with Gasteiger partial charge in [-0.2, -0.15) is 0 Å². The highest BCUT2D eigenvalue weighted by Crippen LogP contribution is 2.43. The fourth-order valence-corrected chi connectivity index (χ4v) is 2.15. The molecule has 0 atom stereocenters. The number of benzene rings is 1. The normalized spacial score (nSPS) is 15.1. The van der Waals surface area contributed by atoms with Gasteiger partial charge in [0.1, 0.15) is 0 Å². The van der Waals surface area contributed by atoms with Gasteiger partial charge >= 0.3 is 0 Å². The molecule has 0 bridgehead atoms. The Labute approximate surface area is 91.2 Å². The molecular weight excluding hydrogens is 184 g/mol. The van der Waals surface area contributed by atoms with Crippen molar-refractivity contribution in [2.45, 2.75) is 32.6 Å². The second-order valence-electron chi connectivity index (χ2n) is 4.43. The molecule has 1 fully saturated rings. The highest BCUT2D eigenvalue weighted by atomic mass is 14.8. The number of rotatable bonds is 3. The van der Waals surface area contributed by atoms with Crippen molar-refractivity contribution < 1.29 is 0 Å². The first-order valence-corrected chi connectivity index (χ1v) is 5.51. The van der Waals surface area contributed by atoms with Crippen molar-refractivity contribution in [3.63, 3.8) is 0 Å². The third-order valence-electron chi connectivity index (χ3n) is 2.97. The zero-order valence-corrected chi connectivity index (χ0v) is 9.65. The predicted octanol–water partition coefficient (Wildman–Crippen LogP) is 3.30. The van der Waals surface area contributed by atoms with Gasteiger partial charge < -0.3 is 10.7 Å². The van der Waals surface area contributed by atoms with Crippen LogP contribution in [0.2, 0.25) is 0 Å². The van der Waals surface area contributed by atoms with Crippen LogP contribution in [0.15, 0.2) is 12.1 Å². The largest absolute Gasteiger partial charge is 0.388 e. The summed E-state index contributed by atoms with van der Waals surface area (Å²) in [7, 11) is 1.93. The summed E-state index contributed by atoms with van der Waals surface area (Å²) in [6.45, 7) is 3.99. The molecule has 0 radical (unpaired) electrons. The van der Waals surface area contributed by atoms with Crippen LogP contribution in [-0.4, -0.2) is 12.8 Å². The van der Waals surface area contributed by atoms with Crippen LogP contribution in [0.25, 0.3) is 0 Å². The highest BCUT2D eigenvalue weighted by molar-refractivity contribution is 6.03. The number of nitrogens with one attached hydrogen (secondary N) is 2. The van der Waals surface area contributed by atoms with Crippen molar-refractivity contribution in [2.75, 3.05) is 12.4 Å². The van der Waals surface area contributed by atoms with E-state index in [4.69, 9.17) is 5.41 Å². The molecular formula is C13H18N2. The number of anilines is 1. The fraction of sp³-hybridized carbons (Fsp3) is 0.462. The van der Waals surface area contributed by atoms with E-state index in [-0.39, 0.29) is 0 Å². The summed E-state index contributed by atoms with van der Waals surface area (Å²) in [5, 5.41) is 11.1. The number of hydrogen-bond acceptors (Lipinski definition) is 2. The average molecular weight is 202 g/mol. The monoisotopic (exact) mass is 202 g/mol. The second-order valence-corrected chi connectivity index (χ2v) is 4.43. The van der Waals surface area contributed by atoms with Gasteiger partial charge in [-0.1, -0.05) is 6.07 Å². The molecule has 15 heavy (non-hydrogen) atoms. The van der Waals surface area contributed by atoms with Crippen LogP contribution in [0.5, 0.6) is 0 Å². The van der Waals surface area contributed by atoms with E-state index < -0.39 is 0 Å². The molecule has 0 amide bonds. The number of hydrogen-bond donors (Lipinski definition) is 2. The summed E-state index contributed by atoms with van der Waals surface area (Å²) in [5.41, 5.74) is 5.54. The van der Waals surface area contributed by atoms with Crippen molar-refractivity contribution >= 4 is 11.4 Å². The molecule has 0 saturated heterocycles. The van der Waals surface area contributed by atoms with Crippen molar-refractivity contribution in [2.24, 2.45) is 0 Å². The summed E-state index contributed by atoms with van der Waals surface area (Å²) in [6.07, 6.45) is 2.57. The topological polar surface area (TPSA) is 35.9 Å². The Bertz CT molecular complexity index is 403. The lowest BCUT2D eigenvalue weighted by atomic mass is 9.95. The molecule has 2 heteroatoms. The lowest BCUT2D eigenvalue weighted by molar-refractivity contribution is 1.11. The first kappa shape index (κ1) is 10.2. The number of aryl methyl sites for hydroxylation is 1. The predicted molar refractivity (Wildman–Crippen MR) is 65.2 cm³/mol. The van der Waals surface area contributed by atoms with E-state index in [9.17, 15) is 0 Å². The Hall–Kier alpha value is -1.31. The van der Waals surface area contributed by atoms with Crippen LogP contribution in [0.1, 0.15) is 42.4 Å². The SMILES string of the molecule is CNc1cc(C)cc(C2CC2)c1C(C)=N. The van der Waals surface area contributed by atoms with Crippen LogP contribution in [0.4, 0.5) is 5.69 Å². The molecule has 0 aromatic heterocycles. The van der Waals surface area contributed by atoms with E-state index in [0.29, 0.717) is 11.6 Å². The van der Waals surface area contributed by atoms with Crippen molar-refractivity contribution in [1.29, 1.82) is 5.41 Å². The van der Waals surface area contributed by atoms with Gasteiger partial charge in [-0.15, -0.1) is 0 Å². The maximum atomic E-state index is 7.87. The van der Waals surface area contributed by atoms with Crippen molar-refractivity contribution in [3.05, 3.63) is 28.8 Å². The van der Waals surface area contributed by atoms with Crippen molar-refractivity contribution in [1.82, 2.24) is 0 Å². The summed E-state index contributed by atoms with van der Waals surface area (Å²) >= 11 is 0. The minimum atomic E-state index is 0.668. The first-order valence-electron chi connectivity index (χ1n) is 5.51. The second kappa shape index (κ2) is 3.69. The standard InChI is InChI=1S/C13H18N2/c1-8-6-11(10-4-5-10)13(9(2)14)12(7-8)15-3/h6-7,10,14-15H,4-5H2,1-3H3. The van der Waals surface area contributed by atoms with Gasteiger partial charge in [0, 0.05) is 24.0 Å². The van der Waals surface area contributed by atoms with Crippen molar-refractivity contribution in [3.8, 4) is 0 Å². The quantitative estimate of drug-likeness (QED) is 0.725. The molecule has 1 aromatic rings. The van der Waals surface area contributed by atoms with Gasteiger partial charge in [-0.05, 0) is 49.8 Å². The molecule has 0 spiro atoms. The van der Waals surface area contributed by atoms with Gasteiger partial charge in [0.15, 0.2) is 0 Å². The van der Waals surface area contributed by atoms with Gasteiger partial charge in [0.05, 0.1) is 0 Å². The minimum absolute atomic E-state index is 0.668. The average Bonchev–Trinajstić information content (AvgIpc) is 2.98. The Morgan fingerprint density at radius 2 is 2.07 bits per heavy atom. The van der Waals surface area contributed by atoms with Crippen LogP contribution in [0, 0.1) is 12.3 Å². The van der Waals surface area contributed by atoms with E-state index in [1.54, 1.807) is 0 Å². The first-order chi connectivity index (χ1) is 7.13. The van der Waals surface area contributed by atoms with Gasteiger partial charge in [-0.3, -0.25) is 0 Å². The van der Waals surface area contributed by atoms with E-state index in [2.05, 4.69) is 24.4 Å². The lowest BCUT2D eigenvalue weighted by Crippen LogP contribution is -2.05. The summed E-state index contributed by atoms with van der Waals surface area (Å²) in [5.74, 6) is 0.701. The zero-order chi connectivity index (χ0) is 11.0. The highest BCUT2D eigenvalue weighted by Gasteiger charge is 2.27. The van der Waals surface area contributed by atoms with E-state index in [1.807, 2.05) is 14.0 Å². The molecule has 80 valence electrons. The van der Waals surface area contributed by atoms with E-state index in [1.165, 1.54) is 24.0 Å². The fourth-order valence-electron chi connectivity index (χ4n) is 2.15. The molecule has 2 rings (SSSR count). The molecule has 0 aliphatic heterocycles. The molecule has 1 saturated carbocycles. The van der Waals surface area contributed by atoms with Gasteiger partial charge in [-0.25, -0.2) is 0 Å². The van der Waals surface area contributed by atoms with E-state index in [0.717, 1.165) is 11.3 Å². The Morgan fingerprint density at radius 3 is 2.53 bits per heavy atom. The summed E-state index contributed by atoms with van der Waals surface area (Å²) in [6, 6.07) is 4.37. The van der Waals surface area contributed by atoms with Gasteiger partial charge in [0.25, 0.3) is 0 Å². The third kappa shape index (κ3) is 1.89.